The largest absolute Gasteiger partial charge is 0.453 e. The molecule has 2 amide bonds. The number of carbonyl (C=O) groups is 2. The molecule has 1 saturated heterocycles. The number of ether oxygens (including phenoxy) is 1. The highest BCUT2D eigenvalue weighted by Gasteiger charge is 2.25. The molecule has 94 valence electrons. The van der Waals surface area contributed by atoms with Crippen LogP contribution in [0.3, 0.4) is 0 Å². The van der Waals surface area contributed by atoms with Gasteiger partial charge in [-0.15, -0.1) is 6.42 Å². The fraction of sp³-hybridized carbons (Fsp3) is 0.636. The molecule has 1 atom stereocenters. The summed E-state index contributed by atoms with van der Waals surface area (Å²) in [4.78, 5) is 24.3. The average molecular weight is 239 g/mol. The maximum Gasteiger partial charge on any atom is 0.407 e. The zero-order valence-electron chi connectivity index (χ0n) is 9.86. The Morgan fingerprint density at radius 2 is 2.35 bits per heavy atom. The topological polar surface area (TPSA) is 70.7 Å². The molecule has 0 bridgehead atoms. The van der Waals surface area contributed by atoms with Gasteiger partial charge in [0.1, 0.15) is 0 Å². The van der Waals surface area contributed by atoms with Crippen LogP contribution >= 0.6 is 0 Å². The smallest absolute Gasteiger partial charge is 0.407 e. The van der Waals surface area contributed by atoms with Crippen LogP contribution in [-0.4, -0.2) is 56.2 Å². The van der Waals surface area contributed by atoms with E-state index < -0.39 is 6.09 Å². The first-order valence-corrected chi connectivity index (χ1v) is 5.42. The number of alkyl carbamates (subject to hydrolysis) is 1. The molecule has 1 heterocycles. The second kappa shape index (κ2) is 6.76. The van der Waals surface area contributed by atoms with E-state index in [1.54, 1.807) is 0 Å². The Hall–Kier alpha value is -1.74. The summed E-state index contributed by atoms with van der Waals surface area (Å²) in [6.07, 6.45) is 5.42. The minimum Gasteiger partial charge on any atom is -0.453 e. The molecule has 1 rings (SSSR count). The quantitative estimate of drug-likeness (QED) is 0.628. The summed E-state index contributed by atoms with van der Waals surface area (Å²) in [7, 11) is 1.33. The third-order valence-electron chi connectivity index (χ3n) is 2.53. The molecule has 1 aliphatic heterocycles. The second-order valence-corrected chi connectivity index (χ2v) is 3.84. The molecule has 0 aromatic rings. The van der Waals surface area contributed by atoms with E-state index in [-0.39, 0.29) is 18.5 Å². The lowest BCUT2D eigenvalue weighted by atomic mass is 10.3. The van der Waals surface area contributed by atoms with Gasteiger partial charge in [0.2, 0.25) is 5.91 Å². The van der Waals surface area contributed by atoms with Gasteiger partial charge in [-0.1, -0.05) is 5.92 Å². The molecule has 6 heteroatoms. The summed E-state index contributed by atoms with van der Waals surface area (Å²) in [5.41, 5.74) is 0. The molecule has 1 fully saturated rings. The highest BCUT2D eigenvalue weighted by Crippen LogP contribution is 2.08. The van der Waals surface area contributed by atoms with Gasteiger partial charge in [0.15, 0.2) is 0 Å². The summed E-state index contributed by atoms with van der Waals surface area (Å²) in [5.74, 6) is 2.25. The van der Waals surface area contributed by atoms with Crippen molar-refractivity contribution in [3.05, 3.63) is 0 Å². The normalized spacial score (nSPS) is 19.4. The van der Waals surface area contributed by atoms with Gasteiger partial charge >= 0.3 is 6.09 Å². The van der Waals surface area contributed by atoms with E-state index in [0.717, 1.165) is 13.0 Å². The Bertz CT molecular complexity index is 324. The first-order valence-electron chi connectivity index (χ1n) is 5.42. The van der Waals surface area contributed by atoms with Crippen LogP contribution in [0.2, 0.25) is 0 Å². The predicted molar refractivity (Wildman–Crippen MR) is 62.2 cm³/mol. The molecule has 0 radical (unpaired) electrons. The van der Waals surface area contributed by atoms with Gasteiger partial charge in [-0.25, -0.2) is 4.79 Å². The number of likely N-dealkylation sites (tertiary alicyclic amines) is 1. The van der Waals surface area contributed by atoms with Crippen molar-refractivity contribution in [1.82, 2.24) is 15.5 Å². The molecular weight excluding hydrogens is 222 g/mol. The first-order chi connectivity index (χ1) is 8.15. The minimum atomic E-state index is -0.436. The average Bonchev–Trinajstić information content (AvgIpc) is 2.73. The highest BCUT2D eigenvalue weighted by atomic mass is 16.5. The molecule has 1 unspecified atom stereocenters. The fourth-order valence-electron chi connectivity index (χ4n) is 1.73. The number of amides is 2. The Morgan fingerprint density at radius 1 is 1.59 bits per heavy atom. The Balaban J connectivity index is 2.24. The zero-order chi connectivity index (χ0) is 12.7. The lowest BCUT2D eigenvalue weighted by Crippen LogP contribution is -2.40. The minimum absolute atomic E-state index is 0.0443. The lowest BCUT2D eigenvalue weighted by molar-refractivity contribution is -0.121. The van der Waals surface area contributed by atoms with Gasteiger partial charge in [0, 0.05) is 19.1 Å². The maximum absolute atomic E-state index is 11.4. The van der Waals surface area contributed by atoms with Crippen molar-refractivity contribution in [2.45, 2.75) is 12.5 Å². The van der Waals surface area contributed by atoms with Crippen LogP contribution in [0.5, 0.6) is 0 Å². The van der Waals surface area contributed by atoms with Crippen LogP contribution in [0.25, 0.3) is 0 Å². The second-order valence-electron chi connectivity index (χ2n) is 3.84. The van der Waals surface area contributed by atoms with Crippen molar-refractivity contribution >= 4 is 12.0 Å². The van der Waals surface area contributed by atoms with Crippen LogP contribution in [0.15, 0.2) is 0 Å². The molecule has 0 spiro atoms. The van der Waals surface area contributed by atoms with Crippen LogP contribution < -0.4 is 10.6 Å². The Kier molecular flexibility index (Phi) is 5.30. The monoisotopic (exact) mass is 239 g/mol. The number of carbonyl (C=O) groups excluding carboxylic acids is 2. The molecule has 0 saturated carbocycles. The number of rotatable bonds is 4. The van der Waals surface area contributed by atoms with Gasteiger partial charge in [-0.05, 0) is 6.42 Å². The molecule has 0 aliphatic carbocycles. The number of terminal acetylenes is 1. The van der Waals surface area contributed by atoms with Crippen molar-refractivity contribution in [3.8, 4) is 12.3 Å². The SMILES string of the molecule is C#CCNC(=O)CN1CCC(NC(=O)OC)C1. The van der Waals surface area contributed by atoms with Gasteiger partial charge in [0.05, 0.1) is 20.2 Å². The number of hydrogen-bond donors (Lipinski definition) is 2. The molecule has 0 aromatic heterocycles. The predicted octanol–water partition coefficient (Wildman–Crippen LogP) is -0.834. The fourth-order valence-corrected chi connectivity index (χ4v) is 1.73. The standard InChI is InChI=1S/C11H17N3O3/c1-3-5-12-10(15)8-14-6-4-9(7-14)13-11(16)17-2/h1,9H,4-8H2,2H3,(H,12,15)(H,13,16). The summed E-state index contributed by atoms with van der Waals surface area (Å²) < 4.78 is 4.51. The van der Waals surface area contributed by atoms with Gasteiger partial charge in [0.25, 0.3) is 0 Å². The summed E-state index contributed by atoms with van der Waals surface area (Å²) in [6, 6.07) is 0.0443. The van der Waals surface area contributed by atoms with E-state index in [9.17, 15) is 9.59 Å². The highest BCUT2D eigenvalue weighted by molar-refractivity contribution is 5.78. The lowest BCUT2D eigenvalue weighted by Gasteiger charge is -2.15. The third kappa shape index (κ3) is 4.74. The van der Waals surface area contributed by atoms with Gasteiger partial charge in [-0.3, -0.25) is 9.69 Å². The van der Waals surface area contributed by atoms with Crippen molar-refractivity contribution in [2.75, 3.05) is 33.3 Å². The molecule has 2 N–H and O–H groups in total. The van der Waals surface area contributed by atoms with Crippen LogP contribution in [-0.2, 0) is 9.53 Å². The number of methoxy groups -OCH3 is 1. The number of nitrogens with zero attached hydrogens (tertiary/aromatic N) is 1. The molecule has 1 aliphatic rings. The van der Waals surface area contributed by atoms with Crippen LogP contribution in [0, 0.1) is 12.3 Å². The van der Waals surface area contributed by atoms with E-state index in [1.807, 2.05) is 4.90 Å². The summed E-state index contributed by atoms with van der Waals surface area (Å²) in [5, 5.41) is 5.31. The van der Waals surface area contributed by atoms with E-state index in [1.165, 1.54) is 7.11 Å². The summed E-state index contributed by atoms with van der Waals surface area (Å²) in [6.45, 7) is 1.98. The van der Waals surface area contributed by atoms with E-state index in [4.69, 9.17) is 6.42 Å². The molecule has 0 aromatic carbocycles. The molecule has 17 heavy (non-hydrogen) atoms. The van der Waals surface area contributed by atoms with E-state index in [2.05, 4.69) is 21.3 Å². The van der Waals surface area contributed by atoms with Gasteiger partial charge < -0.3 is 15.4 Å². The summed E-state index contributed by atoms with van der Waals surface area (Å²) >= 11 is 0. The zero-order valence-corrected chi connectivity index (χ0v) is 9.86. The van der Waals surface area contributed by atoms with Crippen LogP contribution in [0.4, 0.5) is 4.79 Å². The van der Waals surface area contributed by atoms with Gasteiger partial charge in [-0.2, -0.15) is 0 Å². The van der Waals surface area contributed by atoms with Crippen LogP contribution in [0.1, 0.15) is 6.42 Å². The van der Waals surface area contributed by atoms with Crippen molar-refractivity contribution in [2.24, 2.45) is 0 Å². The number of hydrogen-bond acceptors (Lipinski definition) is 4. The Morgan fingerprint density at radius 3 is 3.00 bits per heavy atom. The van der Waals surface area contributed by atoms with E-state index in [0.29, 0.717) is 13.1 Å². The third-order valence-corrected chi connectivity index (χ3v) is 2.53. The first kappa shape index (κ1) is 13.3. The number of nitrogens with one attached hydrogen (secondary N) is 2. The molecule has 6 nitrogen and oxygen atoms in total. The Labute approximate surface area is 101 Å². The van der Waals surface area contributed by atoms with Crippen molar-refractivity contribution in [3.63, 3.8) is 0 Å². The van der Waals surface area contributed by atoms with E-state index >= 15 is 0 Å². The molecular formula is C11H17N3O3. The maximum atomic E-state index is 11.4. The van der Waals surface area contributed by atoms with Crippen molar-refractivity contribution < 1.29 is 14.3 Å². The van der Waals surface area contributed by atoms with Crippen molar-refractivity contribution in [1.29, 1.82) is 0 Å².